The zero-order valence-corrected chi connectivity index (χ0v) is 17.1. The Kier molecular flexibility index (Phi) is 4.59. The van der Waals surface area contributed by atoms with Crippen LogP contribution in [0.2, 0.25) is 0 Å². The summed E-state index contributed by atoms with van der Waals surface area (Å²) >= 11 is 0. The van der Waals surface area contributed by atoms with Crippen molar-refractivity contribution in [3.63, 3.8) is 0 Å². The van der Waals surface area contributed by atoms with Crippen molar-refractivity contribution >= 4 is 10.9 Å². The van der Waals surface area contributed by atoms with Gasteiger partial charge in [-0.25, -0.2) is 0 Å². The third kappa shape index (κ3) is 3.27. The number of rotatable bonds is 4. The molecule has 0 spiro atoms. The Bertz CT molecular complexity index is 1290. The smallest absolute Gasteiger partial charge is 0.258 e. The van der Waals surface area contributed by atoms with Crippen molar-refractivity contribution in [3.8, 4) is 11.4 Å². The molecule has 0 amide bonds. The quantitative estimate of drug-likeness (QED) is 0.569. The molecule has 4 heterocycles. The molecular weight excluding hydrogens is 378 g/mol. The van der Waals surface area contributed by atoms with E-state index in [-0.39, 0.29) is 12.2 Å². The van der Waals surface area contributed by atoms with Crippen molar-refractivity contribution in [2.24, 2.45) is 7.05 Å². The number of hydrogen-bond acceptors (Lipinski definition) is 5. The third-order valence-electron chi connectivity index (χ3n) is 5.67. The molecule has 7 nitrogen and oxygen atoms in total. The molecule has 3 aromatic heterocycles. The number of ether oxygens (including phenoxy) is 1. The lowest BCUT2D eigenvalue weighted by molar-refractivity contribution is 0.299. The Labute approximate surface area is 173 Å². The fourth-order valence-corrected chi connectivity index (χ4v) is 4.07. The lowest BCUT2D eigenvalue weighted by Gasteiger charge is -2.14. The zero-order chi connectivity index (χ0) is 20.7. The van der Waals surface area contributed by atoms with E-state index < -0.39 is 0 Å². The summed E-state index contributed by atoms with van der Waals surface area (Å²) in [6, 6.07) is 13.3. The Hall–Kier alpha value is -3.45. The predicted molar refractivity (Wildman–Crippen MR) is 115 cm³/mol. The van der Waals surface area contributed by atoms with E-state index in [2.05, 4.69) is 39.3 Å². The number of aryl methyl sites for hydroxylation is 2. The topological polar surface area (TPSA) is 74.0 Å². The highest BCUT2D eigenvalue weighted by Crippen LogP contribution is 2.29. The zero-order valence-electron chi connectivity index (χ0n) is 17.1. The largest absolute Gasteiger partial charge is 0.487 e. The maximum absolute atomic E-state index is 12.8. The van der Waals surface area contributed by atoms with Gasteiger partial charge < -0.3 is 14.6 Å². The number of nitrogens with one attached hydrogen (secondary N) is 1. The van der Waals surface area contributed by atoms with Crippen LogP contribution in [0.5, 0.6) is 5.75 Å². The first kappa shape index (κ1) is 18.6. The molecule has 1 aliphatic heterocycles. The highest BCUT2D eigenvalue weighted by atomic mass is 16.5. The molecule has 1 aliphatic rings. The predicted octanol–water partition coefficient (Wildman–Crippen LogP) is 2.65. The maximum atomic E-state index is 12.8. The summed E-state index contributed by atoms with van der Waals surface area (Å²) in [5.74, 6) is 0.514. The van der Waals surface area contributed by atoms with E-state index in [1.165, 1.54) is 22.7 Å². The number of aromatic nitrogens is 4. The van der Waals surface area contributed by atoms with Crippen molar-refractivity contribution in [1.29, 1.82) is 0 Å². The Morgan fingerprint density at radius 2 is 2.03 bits per heavy atom. The fourth-order valence-electron chi connectivity index (χ4n) is 4.07. The Morgan fingerprint density at radius 1 is 1.13 bits per heavy atom. The van der Waals surface area contributed by atoms with Gasteiger partial charge in [-0.2, -0.15) is 10.2 Å². The first-order chi connectivity index (χ1) is 14.6. The van der Waals surface area contributed by atoms with E-state index in [0.29, 0.717) is 5.75 Å². The Morgan fingerprint density at radius 3 is 2.83 bits per heavy atom. The molecule has 4 aromatic rings. The van der Waals surface area contributed by atoms with E-state index in [0.717, 1.165) is 42.1 Å². The van der Waals surface area contributed by atoms with Gasteiger partial charge in [0, 0.05) is 49.9 Å². The van der Waals surface area contributed by atoms with Gasteiger partial charge in [-0.05, 0) is 42.8 Å². The summed E-state index contributed by atoms with van der Waals surface area (Å²) in [7, 11) is 2.10. The van der Waals surface area contributed by atoms with Crippen LogP contribution >= 0.6 is 0 Å². The van der Waals surface area contributed by atoms with Crippen LogP contribution in [0.1, 0.15) is 22.6 Å². The third-order valence-corrected chi connectivity index (χ3v) is 5.67. The van der Waals surface area contributed by atoms with E-state index in [4.69, 9.17) is 4.74 Å². The first-order valence-corrected chi connectivity index (χ1v) is 10.1. The summed E-state index contributed by atoms with van der Waals surface area (Å²) in [4.78, 5) is 12.8. The molecule has 0 fully saturated rings. The van der Waals surface area contributed by atoms with Crippen LogP contribution in [0.4, 0.5) is 0 Å². The van der Waals surface area contributed by atoms with Crippen molar-refractivity contribution in [2.75, 3.05) is 6.54 Å². The van der Waals surface area contributed by atoms with Crippen molar-refractivity contribution < 1.29 is 4.74 Å². The van der Waals surface area contributed by atoms with Crippen LogP contribution in [0.15, 0.2) is 53.5 Å². The lowest BCUT2D eigenvalue weighted by Crippen LogP contribution is -2.24. The fraction of sp³-hybridized carbons (Fsp3) is 0.261. The molecule has 1 aromatic carbocycles. The average molecular weight is 401 g/mol. The van der Waals surface area contributed by atoms with Crippen LogP contribution < -0.4 is 15.6 Å². The molecule has 0 saturated heterocycles. The van der Waals surface area contributed by atoms with E-state index in [9.17, 15) is 4.79 Å². The molecule has 0 atom stereocenters. The van der Waals surface area contributed by atoms with Crippen molar-refractivity contribution in [1.82, 2.24) is 24.6 Å². The number of hydrogen-bond donors (Lipinski definition) is 1. The molecule has 152 valence electrons. The van der Waals surface area contributed by atoms with Gasteiger partial charge in [0.2, 0.25) is 0 Å². The van der Waals surface area contributed by atoms with Gasteiger partial charge >= 0.3 is 0 Å². The molecule has 7 heteroatoms. The molecular formula is C23H23N5O2. The molecule has 0 saturated carbocycles. The van der Waals surface area contributed by atoms with Crippen LogP contribution in [0.25, 0.3) is 16.6 Å². The SMILES string of the molecule is Cc1ccc(COc2ccn(-c3ccc4c5c(n(C)c4c3)CCNC5)c(=O)c2)nn1. The highest BCUT2D eigenvalue weighted by molar-refractivity contribution is 5.87. The summed E-state index contributed by atoms with van der Waals surface area (Å²) in [5.41, 5.74) is 6.16. The Balaban J connectivity index is 1.43. The molecule has 0 unspecified atom stereocenters. The second-order valence-corrected chi connectivity index (χ2v) is 7.64. The van der Waals surface area contributed by atoms with Crippen LogP contribution in [0.3, 0.4) is 0 Å². The van der Waals surface area contributed by atoms with Crippen LogP contribution in [-0.2, 0) is 26.6 Å². The first-order valence-electron chi connectivity index (χ1n) is 10.1. The van der Waals surface area contributed by atoms with Crippen LogP contribution in [-0.4, -0.2) is 25.9 Å². The van der Waals surface area contributed by atoms with Gasteiger partial charge in [0.1, 0.15) is 18.1 Å². The van der Waals surface area contributed by atoms with Crippen LogP contribution in [0, 0.1) is 6.92 Å². The van der Waals surface area contributed by atoms with Gasteiger partial charge in [0.05, 0.1) is 16.9 Å². The second-order valence-electron chi connectivity index (χ2n) is 7.64. The second kappa shape index (κ2) is 7.42. The lowest BCUT2D eigenvalue weighted by atomic mass is 10.1. The molecule has 0 aliphatic carbocycles. The monoisotopic (exact) mass is 401 g/mol. The summed E-state index contributed by atoms with van der Waals surface area (Å²) in [6.45, 7) is 4.05. The van der Waals surface area contributed by atoms with Gasteiger partial charge in [-0.1, -0.05) is 6.07 Å². The molecule has 30 heavy (non-hydrogen) atoms. The molecule has 1 N–H and O–H groups in total. The van der Waals surface area contributed by atoms with Gasteiger partial charge in [-0.15, -0.1) is 0 Å². The minimum Gasteiger partial charge on any atom is -0.487 e. The average Bonchev–Trinajstić information content (AvgIpc) is 3.05. The summed E-state index contributed by atoms with van der Waals surface area (Å²) in [6.07, 6.45) is 2.78. The number of nitrogens with zero attached hydrogens (tertiary/aromatic N) is 4. The van der Waals surface area contributed by atoms with E-state index >= 15 is 0 Å². The summed E-state index contributed by atoms with van der Waals surface area (Å²) in [5, 5.41) is 12.8. The van der Waals surface area contributed by atoms with E-state index in [1.807, 2.05) is 25.1 Å². The summed E-state index contributed by atoms with van der Waals surface area (Å²) < 4.78 is 9.61. The minimum absolute atomic E-state index is 0.137. The van der Waals surface area contributed by atoms with E-state index in [1.54, 1.807) is 16.8 Å². The molecule has 5 rings (SSSR count). The van der Waals surface area contributed by atoms with Gasteiger partial charge in [-0.3, -0.25) is 9.36 Å². The molecule has 0 bridgehead atoms. The minimum atomic E-state index is -0.137. The van der Waals surface area contributed by atoms with Gasteiger partial charge in [0.25, 0.3) is 5.56 Å². The standard InChI is InChI=1S/C23H23N5O2/c1-15-3-4-16(26-25-15)14-30-18-8-10-28(23(29)12-18)17-5-6-19-20-13-24-9-7-21(20)27(2)22(19)11-17/h3-6,8,10-12,24H,7,9,13-14H2,1-2H3. The van der Waals surface area contributed by atoms with Gasteiger partial charge in [0.15, 0.2) is 0 Å². The molecule has 0 radical (unpaired) electrons. The number of fused-ring (bicyclic) bond motifs is 3. The number of pyridine rings is 1. The normalized spacial score (nSPS) is 13.4. The van der Waals surface area contributed by atoms with Crippen molar-refractivity contribution in [3.05, 3.63) is 81.7 Å². The maximum Gasteiger partial charge on any atom is 0.258 e. The number of benzene rings is 1. The highest BCUT2D eigenvalue weighted by Gasteiger charge is 2.18. The van der Waals surface area contributed by atoms with Crippen molar-refractivity contribution in [2.45, 2.75) is 26.5 Å².